The molecule has 0 saturated carbocycles. The van der Waals surface area contributed by atoms with Crippen LogP contribution in [0, 0.1) is 5.92 Å². The Balaban J connectivity index is 2.50. The van der Waals surface area contributed by atoms with Crippen LogP contribution < -0.4 is 5.32 Å². The fourth-order valence-corrected chi connectivity index (χ4v) is 2.20. The van der Waals surface area contributed by atoms with Crippen LogP contribution in [-0.4, -0.2) is 12.6 Å². The Hall–Kier alpha value is -0.300. The van der Waals surface area contributed by atoms with Crippen molar-refractivity contribution in [2.24, 2.45) is 5.92 Å². The maximum absolute atomic E-state index is 3.49. The second-order valence-electron chi connectivity index (χ2n) is 3.79. The Bertz CT molecular complexity index is 160. The van der Waals surface area contributed by atoms with Crippen LogP contribution >= 0.6 is 0 Å². The van der Waals surface area contributed by atoms with Gasteiger partial charge < -0.3 is 5.32 Å². The summed E-state index contributed by atoms with van der Waals surface area (Å²) in [5.74, 6) is 0.858. The third kappa shape index (κ3) is 2.34. The summed E-state index contributed by atoms with van der Waals surface area (Å²) in [7, 11) is 0. The molecule has 1 aliphatic heterocycles. The van der Waals surface area contributed by atoms with Crippen LogP contribution in [0.15, 0.2) is 11.6 Å². The van der Waals surface area contributed by atoms with Gasteiger partial charge in [-0.05, 0) is 45.6 Å². The van der Waals surface area contributed by atoms with Crippen molar-refractivity contribution in [1.82, 2.24) is 5.32 Å². The molecule has 1 N–H and O–H groups in total. The largest absolute Gasteiger partial charge is 0.314 e. The lowest BCUT2D eigenvalue weighted by Crippen LogP contribution is -2.36. The van der Waals surface area contributed by atoms with Crippen molar-refractivity contribution in [3.8, 4) is 0 Å². The number of piperidine rings is 1. The van der Waals surface area contributed by atoms with Gasteiger partial charge >= 0.3 is 0 Å². The second kappa shape index (κ2) is 4.66. The molecule has 1 saturated heterocycles. The Morgan fingerprint density at radius 2 is 2.33 bits per heavy atom. The highest BCUT2D eigenvalue weighted by Gasteiger charge is 2.19. The Labute approximate surface area is 76.2 Å². The highest BCUT2D eigenvalue weighted by atomic mass is 14.9. The Morgan fingerprint density at radius 1 is 1.58 bits per heavy atom. The average molecular weight is 167 g/mol. The molecule has 1 nitrogen and oxygen atoms in total. The molecule has 1 fully saturated rings. The van der Waals surface area contributed by atoms with Gasteiger partial charge in [0.2, 0.25) is 0 Å². The van der Waals surface area contributed by atoms with E-state index in [-0.39, 0.29) is 0 Å². The molecule has 1 aliphatic rings. The minimum atomic E-state index is 0.713. The van der Waals surface area contributed by atoms with Gasteiger partial charge in [-0.1, -0.05) is 18.6 Å². The van der Waals surface area contributed by atoms with E-state index in [9.17, 15) is 0 Å². The number of hydrogen-bond acceptors (Lipinski definition) is 1. The first kappa shape index (κ1) is 9.79. The van der Waals surface area contributed by atoms with Crippen LogP contribution in [0.1, 0.15) is 40.0 Å². The fraction of sp³-hybridized carbons (Fsp3) is 0.818. The number of allylic oxidation sites excluding steroid dienone is 2. The van der Waals surface area contributed by atoms with E-state index in [1.807, 2.05) is 0 Å². The lowest BCUT2D eigenvalue weighted by atomic mass is 9.85. The predicted octanol–water partition coefficient (Wildman–Crippen LogP) is 2.73. The van der Waals surface area contributed by atoms with Crippen molar-refractivity contribution in [2.45, 2.75) is 46.1 Å². The molecular formula is C11H21N. The van der Waals surface area contributed by atoms with Gasteiger partial charge in [0.15, 0.2) is 0 Å². The Kier molecular flexibility index (Phi) is 3.80. The average Bonchev–Trinajstić information content (AvgIpc) is 2.07. The lowest BCUT2D eigenvalue weighted by Gasteiger charge is -2.29. The first-order valence-electron chi connectivity index (χ1n) is 5.16. The monoisotopic (exact) mass is 167 g/mol. The zero-order chi connectivity index (χ0) is 8.97. The maximum Gasteiger partial charge on any atom is 0.00444 e. The molecule has 0 spiro atoms. The quantitative estimate of drug-likeness (QED) is 0.624. The lowest BCUT2D eigenvalue weighted by molar-refractivity contribution is 0.345. The molecule has 1 rings (SSSR count). The van der Waals surface area contributed by atoms with E-state index in [0.29, 0.717) is 6.04 Å². The molecule has 1 heteroatoms. The van der Waals surface area contributed by atoms with Crippen LogP contribution in [0.4, 0.5) is 0 Å². The minimum Gasteiger partial charge on any atom is -0.314 e. The molecule has 0 bridgehead atoms. The summed E-state index contributed by atoms with van der Waals surface area (Å²) in [6.07, 6.45) is 6.20. The first-order chi connectivity index (χ1) is 5.77. The normalized spacial score (nSPS) is 32.1. The van der Waals surface area contributed by atoms with E-state index in [1.165, 1.54) is 25.8 Å². The van der Waals surface area contributed by atoms with Gasteiger partial charge in [0, 0.05) is 6.04 Å². The molecule has 0 aliphatic carbocycles. The van der Waals surface area contributed by atoms with Gasteiger partial charge in [0.05, 0.1) is 0 Å². The summed E-state index contributed by atoms with van der Waals surface area (Å²) in [6, 6.07) is 0.713. The summed E-state index contributed by atoms with van der Waals surface area (Å²) in [4.78, 5) is 0. The highest BCUT2D eigenvalue weighted by Crippen LogP contribution is 2.25. The summed E-state index contributed by atoms with van der Waals surface area (Å²) < 4.78 is 0. The fourth-order valence-electron chi connectivity index (χ4n) is 2.20. The molecule has 0 aromatic carbocycles. The van der Waals surface area contributed by atoms with Gasteiger partial charge in [0.25, 0.3) is 0 Å². The molecule has 2 atom stereocenters. The molecule has 0 aromatic rings. The van der Waals surface area contributed by atoms with E-state index in [0.717, 1.165) is 5.92 Å². The van der Waals surface area contributed by atoms with Crippen molar-refractivity contribution in [1.29, 1.82) is 0 Å². The molecule has 0 aromatic heterocycles. The molecule has 0 radical (unpaired) electrons. The van der Waals surface area contributed by atoms with E-state index in [2.05, 4.69) is 32.2 Å². The van der Waals surface area contributed by atoms with Crippen LogP contribution in [0.25, 0.3) is 0 Å². The van der Waals surface area contributed by atoms with Crippen LogP contribution in [0.3, 0.4) is 0 Å². The van der Waals surface area contributed by atoms with E-state index < -0.39 is 0 Å². The van der Waals surface area contributed by atoms with Crippen LogP contribution in [0.2, 0.25) is 0 Å². The van der Waals surface area contributed by atoms with Crippen molar-refractivity contribution in [3.63, 3.8) is 0 Å². The smallest absolute Gasteiger partial charge is 0.00444 e. The second-order valence-corrected chi connectivity index (χ2v) is 3.79. The van der Waals surface area contributed by atoms with Gasteiger partial charge in [-0.15, -0.1) is 0 Å². The van der Waals surface area contributed by atoms with E-state index >= 15 is 0 Å². The van der Waals surface area contributed by atoms with Gasteiger partial charge in [0.1, 0.15) is 0 Å². The number of nitrogens with one attached hydrogen (secondary N) is 1. The zero-order valence-electron chi connectivity index (χ0n) is 8.56. The zero-order valence-corrected chi connectivity index (χ0v) is 8.56. The summed E-state index contributed by atoms with van der Waals surface area (Å²) >= 11 is 0. The minimum absolute atomic E-state index is 0.713. The highest BCUT2D eigenvalue weighted by molar-refractivity contribution is 5.06. The molecule has 1 unspecified atom stereocenters. The molecular weight excluding hydrogens is 146 g/mol. The van der Waals surface area contributed by atoms with Gasteiger partial charge in [-0.25, -0.2) is 0 Å². The van der Waals surface area contributed by atoms with Crippen LogP contribution in [-0.2, 0) is 0 Å². The standard InChI is InChI=1S/C11H21N/c1-4-10(5-2)11-6-7-12-9(3)8-11/h4,9,11-12H,5-8H2,1-3H3/b10-4+/t9-,11?/m1/s1. The summed E-state index contributed by atoms with van der Waals surface area (Å²) in [6.45, 7) is 7.92. The van der Waals surface area contributed by atoms with Crippen molar-refractivity contribution in [2.75, 3.05) is 6.54 Å². The molecule has 1 heterocycles. The third-order valence-electron chi connectivity index (χ3n) is 2.93. The summed E-state index contributed by atoms with van der Waals surface area (Å²) in [5, 5.41) is 3.49. The number of hydrogen-bond donors (Lipinski definition) is 1. The van der Waals surface area contributed by atoms with Crippen molar-refractivity contribution in [3.05, 3.63) is 11.6 Å². The summed E-state index contributed by atoms with van der Waals surface area (Å²) in [5.41, 5.74) is 1.66. The molecule has 70 valence electrons. The number of rotatable bonds is 2. The maximum atomic E-state index is 3.49. The van der Waals surface area contributed by atoms with Crippen LogP contribution in [0.5, 0.6) is 0 Å². The van der Waals surface area contributed by atoms with Gasteiger partial charge in [-0.3, -0.25) is 0 Å². The topological polar surface area (TPSA) is 12.0 Å². The Morgan fingerprint density at radius 3 is 2.83 bits per heavy atom. The molecule has 0 amide bonds. The first-order valence-corrected chi connectivity index (χ1v) is 5.16. The van der Waals surface area contributed by atoms with E-state index in [1.54, 1.807) is 5.57 Å². The predicted molar refractivity (Wildman–Crippen MR) is 54.2 cm³/mol. The van der Waals surface area contributed by atoms with Gasteiger partial charge in [-0.2, -0.15) is 0 Å². The molecule has 12 heavy (non-hydrogen) atoms. The van der Waals surface area contributed by atoms with Crippen molar-refractivity contribution >= 4 is 0 Å². The van der Waals surface area contributed by atoms with E-state index in [4.69, 9.17) is 0 Å². The van der Waals surface area contributed by atoms with Crippen molar-refractivity contribution < 1.29 is 0 Å². The third-order valence-corrected chi connectivity index (χ3v) is 2.93. The SMILES string of the molecule is C/C=C(\CC)C1CCN[C@H](C)C1.